The van der Waals surface area contributed by atoms with Crippen LogP contribution < -0.4 is 5.73 Å². The van der Waals surface area contributed by atoms with Crippen LogP contribution in [0.2, 0.25) is 0 Å². The lowest BCUT2D eigenvalue weighted by Crippen LogP contribution is -2.12. The van der Waals surface area contributed by atoms with Gasteiger partial charge >= 0.3 is 12.1 Å². The smallest absolute Gasteiger partial charge is 0.434 e. The van der Waals surface area contributed by atoms with Gasteiger partial charge in [0.1, 0.15) is 0 Å². The van der Waals surface area contributed by atoms with Gasteiger partial charge in [0.15, 0.2) is 5.69 Å². The molecule has 8 heteroatoms. The number of esters is 1. The molecule has 0 aliphatic heterocycles. The van der Waals surface area contributed by atoms with E-state index in [1.54, 1.807) is 0 Å². The van der Waals surface area contributed by atoms with E-state index in [0.717, 1.165) is 12.3 Å². The molecule has 1 aromatic rings. The number of nitrogen functional groups attached to an aromatic ring is 1. The third kappa shape index (κ3) is 3.72. The van der Waals surface area contributed by atoms with Crippen molar-refractivity contribution in [3.05, 3.63) is 23.5 Å². The number of nitrogens with zero attached hydrogens (tertiary/aromatic N) is 2. The summed E-state index contributed by atoms with van der Waals surface area (Å²) in [6.07, 6.45) is -1.51. The summed E-state index contributed by atoms with van der Waals surface area (Å²) >= 11 is 0. The monoisotopic (exact) mass is 261 g/mol. The highest BCUT2D eigenvalue weighted by molar-refractivity contribution is 5.72. The van der Waals surface area contributed by atoms with Gasteiger partial charge in [-0.25, -0.2) is 9.97 Å². The Bertz CT molecular complexity index is 472. The number of nitrogens with two attached hydrogens (primary N) is 1. The fourth-order valence-electron chi connectivity index (χ4n) is 1.12. The lowest BCUT2D eigenvalue weighted by molar-refractivity contribution is -0.141. The van der Waals surface area contributed by atoms with Crippen LogP contribution >= 0.6 is 0 Å². The summed E-state index contributed by atoms with van der Waals surface area (Å²) in [7, 11) is 1.18. The van der Waals surface area contributed by atoms with E-state index in [-0.39, 0.29) is 12.0 Å². The molecule has 2 N–H and O–H groups in total. The molecule has 0 unspecified atom stereocenters. The molecule has 0 radical (unpaired) electrons. The van der Waals surface area contributed by atoms with Crippen molar-refractivity contribution in [2.75, 3.05) is 12.8 Å². The number of methoxy groups -OCH3 is 1. The summed E-state index contributed by atoms with van der Waals surface area (Å²) < 4.78 is 42.2. The number of hydrogen-bond acceptors (Lipinski definition) is 5. The van der Waals surface area contributed by atoms with Crippen LogP contribution in [-0.4, -0.2) is 23.0 Å². The van der Waals surface area contributed by atoms with E-state index in [9.17, 15) is 18.0 Å². The van der Waals surface area contributed by atoms with Crippen molar-refractivity contribution >= 4 is 18.0 Å². The largest absolute Gasteiger partial charge is 0.469 e. The van der Waals surface area contributed by atoms with Crippen LogP contribution in [-0.2, 0) is 15.7 Å². The molecule has 0 aliphatic rings. The molecule has 5 nitrogen and oxygen atoms in total. The highest BCUT2D eigenvalue weighted by Gasteiger charge is 2.35. The topological polar surface area (TPSA) is 78.1 Å². The lowest BCUT2D eigenvalue weighted by atomic mass is 10.2. The average molecular weight is 261 g/mol. The molecule has 1 aromatic heterocycles. The Morgan fingerprint density at radius 2 is 2.22 bits per heavy atom. The number of carbonyl (C=O) groups excluding carboxylic acids is 1. The first kappa shape index (κ1) is 13.9. The Labute approximate surface area is 100 Å². The standard InChI is InChI=1S/C10H10F3N3O2/c1-18-7(17)4-2-3-6-5-15-9(14)16-8(6)10(11,12)13/h2-3,5H,4H2,1H3,(H2,14,15,16). The molecule has 0 bridgehead atoms. The number of aromatic nitrogens is 2. The van der Waals surface area contributed by atoms with Crippen LogP contribution in [0.3, 0.4) is 0 Å². The van der Waals surface area contributed by atoms with Gasteiger partial charge < -0.3 is 10.5 Å². The zero-order valence-electron chi connectivity index (χ0n) is 9.36. The average Bonchev–Trinajstić information content (AvgIpc) is 2.29. The number of anilines is 1. The van der Waals surface area contributed by atoms with E-state index >= 15 is 0 Å². The summed E-state index contributed by atoms with van der Waals surface area (Å²) in [5.41, 5.74) is 3.70. The second-order valence-corrected chi connectivity index (χ2v) is 3.21. The molecule has 1 rings (SSSR count). The van der Waals surface area contributed by atoms with Crippen LogP contribution in [0.5, 0.6) is 0 Å². The lowest BCUT2D eigenvalue weighted by Gasteiger charge is -2.08. The van der Waals surface area contributed by atoms with Crippen molar-refractivity contribution in [1.82, 2.24) is 9.97 Å². The normalized spacial score (nSPS) is 11.8. The Balaban J connectivity index is 2.99. The molecule has 0 fully saturated rings. The molecule has 0 saturated heterocycles. The van der Waals surface area contributed by atoms with E-state index in [4.69, 9.17) is 5.73 Å². The van der Waals surface area contributed by atoms with Gasteiger partial charge in [0.05, 0.1) is 13.5 Å². The van der Waals surface area contributed by atoms with Crippen molar-refractivity contribution in [3.8, 4) is 0 Å². The SMILES string of the molecule is COC(=O)CC=Cc1cnc(N)nc1C(F)(F)F. The van der Waals surface area contributed by atoms with E-state index in [2.05, 4.69) is 14.7 Å². The molecule has 98 valence electrons. The Hall–Kier alpha value is -2.12. The van der Waals surface area contributed by atoms with Crippen LogP contribution in [0.25, 0.3) is 6.08 Å². The Morgan fingerprint density at radius 3 is 2.78 bits per heavy atom. The van der Waals surface area contributed by atoms with Crippen molar-refractivity contribution in [2.24, 2.45) is 0 Å². The molecule has 0 atom stereocenters. The maximum Gasteiger partial charge on any atom is 0.434 e. The van der Waals surface area contributed by atoms with Crippen molar-refractivity contribution in [1.29, 1.82) is 0 Å². The minimum absolute atomic E-state index is 0.141. The third-order valence-corrected chi connectivity index (χ3v) is 1.91. The maximum atomic E-state index is 12.6. The number of alkyl halides is 3. The molecular formula is C10H10F3N3O2. The second-order valence-electron chi connectivity index (χ2n) is 3.21. The maximum absolute atomic E-state index is 12.6. The van der Waals surface area contributed by atoms with Gasteiger partial charge in [0, 0.05) is 11.8 Å². The number of carbonyl (C=O) groups is 1. The van der Waals surface area contributed by atoms with E-state index in [1.165, 1.54) is 13.2 Å². The molecule has 0 amide bonds. The van der Waals surface area contributed by atoms with Gasteiger partial charge in [-0.3, -0.25) is 4.79 Å². The van der Waals surface area contributed by atoms with E-state index in [0.29, 0.717) is 0 Å². The van der Waals surface area contributed by atoms with Crippen LogP contribution in [0, 0.1) is 0 Å². The van der Waals surface area contributed by atoms with Gasteiger partial charge in [-0.2, -0.15) is 13.2 Å². The van der Waals surface area contributed by atoms with Crippen LogP contribution in [0.1, 0.15) is 17.7 Å². The first-order valence-electron chi connectivity index (χ1n) is 4.77. The minimum atomic E-state index is -4.64. The van der Waals surface area contributed by atoms with E-state index < -0.39 is 23.8 Å². The minimum Gasteiger partial charge on any atom is -0.469 e. The van der Waals surface area contributed by atoms with E-state index in [1.807, 2.05) is 0 Å². The molecule has 0 aromatic carbocycles. The van der Waals surface area contributed by atoms with Gasteiger partial charge in [-0.05, 0) is 0 Å². The third-order valence-electron chi connectivity index (χ3n) is 1.91. The number of ether oxygens (including phenoxy) is 1. The number of rotatable bonds is 3. The van der Waals surface area contributed by atoms with Crippen LogP contribution in [0.4, 0.5) is 19.1 Å². The summed E-state index contributed by atoms with van der Waals surface area (Å²) in [5, 5.41) is 0. The summed E-state index contributed by atoms with van der Waals surface area (Å²) in [6, 6.07) is 0. The summed E-state index contributed by atoms with van der Waals surface area (Å²) in [5.74, 6) is -1.02. The summed E-state index contributed by atoms with van der Waals surface area (Å²) in [6.45, 7) is 0. The number of halogens is 3. The first-order valence-corrected chi connectivity index (χ1v) is 4.77. The predicted molar refractivity (Wildman–Crippen MR) is 57.1 cm³/mol. The summed E-state index contributed by atoms with van der Waals surface area (Å²) in [4.78, 5) is 17.4. The van der Waals surface area contributed by atoms with Gasteiger partial charge in [0.25, 0.3) is 0 Å². The van der Waals surface area contributed by atoms with Gasteiger partial charge in [-0.15, -0.1) is 0 Å². The quantitative estimate of drug-likeness (QED) is 0.837. The molecule has 0 saturated carbocycles. The molecular weight excluding hydrogens is 251 g/mol. The highest BCUT2D eigenvalue weighted by Crippen LogP contribution is 2.31. The fraction of sp³-hybridized carbons (Fsp3) is 0.300. The zero-order chi connectivity index (χ0) is 13.8. The molecule has 1 heterocycles. The Morgan fingerprint density at radius 1 is 1.56 bits per heavy atom. The fourth-order valence-corrected chi connectivity index (χ4v) is 1.12. The van der Waals surface area contributed by atoms with Crippen LogP contribution in [0.15, 0.2) is 12.3 Å². The van der Waals surface area contributed by atoms with Gasteiger partial charge in [0.2, 0.25) is 5.95 Å². The Kier molecular flexibility index (Phi) is 4.24. The zero-order valence-corrected chi connectivity index (χ0v) is 9.36. The number of hydrogen-bond donors (Lipinski definition) is 1. The van der Waals surface area contributed by atoms with Crippen molar-refractivity contribution in [3.63, 3.8) is 0 Å². The van der Waals surface area contributed by atoms with Crippen molar-refractivity contribution < 1.29 is 22.7 Å². The molecule has 0 aliphatic carbocycles. The van der Waals surface area contributed by atoms with Gasteiger partial charge in [-0.1, -0.05) is 12.2 Å². The second kappa shape index (κ2) is 5.48. The predicted octanol–water partition coefficient (Wildman–Crippen LogP) is 1.65. The molecule has 0 spiro atoms. The first-order chi connectivity index (χ1) is 8.34. The van der Waals surface area contributed by atoms with Crippen molar-refractivity contribution in [2.45, 2.75) is 12.6 Å². The highest BCUT2D eigenvalue weighted by atomic mass is 19.4. The molecule has 18 heavy (non-hydrogen) atoms.